The Kier molecular flexibility index (Phi) is 5.47. The lowest BCUT2D eigenvalue weighted by Crippen LogP contribution is -2.32. The van der Waals surface area contributed by atoms with Crippen LogP contribution >= 0.6 is 0 Å². The molecule has 1 unspecified atom stereocenters. The monoisotopic (exact) mass is 303 g/mol. The Hall–Kier alpha value is -1.27. The number of rotatable bonds is 5. The van der Waals surface area contributed by atoms with Crippen LogP contribution in [0.25, 0.3) is 0 Å². The number of alkyl halides is 3. The van der Waals surface area contributed by atoms with Gasteiger partial charge in [0, 0.05) is 19.3 Å². The zero-order valence-electron chi connectivity index (χ0n) is 12.0. The summed E-state index contributed by atoms with van der Waals surface area (Å²) in [5.41, 5.74) is 0.825. The molecular formula is C15H20F3NO2. The number of hydrogen-bond acceptors (Lipinski definition) is 3. The Morgan fingerprint density at radius 3 is 2.67 bits per heavy atom. The third-order valence-corrected chi connectivity index (χ3v) is 3.61. The minimum atomic E-state index is -4.66. The van der Waals surface area contributed by atoms with Gasteiger partial charge < -0.3 is 14.8 Å². The van der Waals surface area contributed by atoms with Gasteiger partial charge in [-0.2, -0.15) is 0 Å². The highest BCUT2D eigenvalue weighted by atomic mass is 19.4. The van der Waals surface area contributed by atoms with E-state index in [-0.39, 0.29) is 11.8 Å². The van der Waals surface area contributed by atoms with Gasteiger partial charge >= 0.3 is 6.36 Å². The maximum absolute atomic E-state index is 12.3. The summed E-state index contributed by atoms with van der Waals surface area (Å²) in [6, 6.07) is 6.25. The first kappa shape index (κ1) is 16.1. The van der Waals surface area contributed by atoms with E-state index in [4.69, 9.17) is 4.74 Å². The summed E-state index contributed by atoms with van der Waals surface area (Å²) in [5.74, 6) is 0.190. The fourth-order valence-electron chi connectivity index (χ4n) is 2.73. The molecule has 0 spiro atoms. The Bertz CT molecular complexity index is 445. The van der Waals surface area contributed by atoms with Crippen LogP contribution in [0.1, 0.15) is 31.4 Å². The normalized spacial score (nSPS) is 18.5. The minimum absolute atomic E-state index is 0.0238. The van der Waals surface area contributed by atoms with Gasteiger partial charge in [-0.25, -0.2) is 0 Å². The quantitative estimate of drug-likeness (QED) is 0.900. The first-order valence-corrected chi connectivity index (χ1v) is 7.16. The van der Waals surface area contributed by atoms with E-state index in [1.807, 2.05) is 13.0 Å². The van der Waals surface area contributed by atoms with Crippen molar-refractivity contribution in [2.45, 2.75) is 32.2 Å². The molecule has 1 atom stereocenters. The van der Waals surface area contributed by atoms with E-state index in [9.17, 15) is 13.2 Å². The standard InChI is InChI=1S/C15H20F3NO2/c1-2-19-14(11-6-8-20-9-7-11)12-4-3-5-13(10-12)21-15(16,17)18/h3-5,10-11,14,19H,2,6-9H2,1H3. The second-order valence-corrected chi connectivity index (χ2v) is 5.11. The summed E-state index contributed by atoms with van der Waals surface area (Å²) in [7, 11) is 0. The third-order valence-electron chi connectivity index (χ3n) is 3.61. The highest BCUT2D eigenvalue weighted by Crippen LogP contribution is 2.32. The molecule has 0 amide bonds. The Balaban J connectivity index is 2.17. The van der Waals surface area contributed by atoms with E-state index in [0.29, 0.717) is 19.1 Å². The van der Waals surface area contributed by atoms with Crippen molar-refractivity contribution < 1.29 is 22.6 Å². The van der Waals surface area contributed by atoms with Crippen LogP contribution < -0.4 is 10.1 Å². The van der Waals surface area contributed by atoms with Gasteiger partial charge in [0.1, 0.15) is 5.75 Å². The van der Waals surface area contributed by atoms with E-state index in [2.05, 4.69) is 10.1 Å². The molecule has 0 aromatic heterocycles. The molecule has 0 saturated carbocycles. The maximum Gasteiger partial charge on any atom is 0.573 e. The molecule has 21 heavy (non-hydrogen) atoms. The molecule has 0 bridgehead atoms. The Morgan fingerprint density at radius 1 is 1.33 bits per heavy atom. The average Bonchev–Trinajstić information content (AvgIpc) is 2.44. The molecule has 3 nitrogen and oxygen atoms in total. The van der Waals surface area contributed by atoms with Gasteiger partial charge in [0.2, 0.25) is 0 Å². The largest absolute Gasteiger partial charge is 0.573 e. The highest BCUT2D eigenvalue weighted by Gasteiger charge is 2.31. The van der Waals surface area contributed by atoms with Crippen molar-refractivity contribution in [3.8, 4) is 5.75 Å². The predicted molar refractivity (Wildman–Crippen MR) is 73.1 cm³/mol. The third kappa shape index (κ3) is 4.89. The van der Waals surface area contributed by atoms with E-state index in [1.165, 1.54) is 12.1 Å². The van der Waals surface area contributed by atoms with Crippen LogP contribution in [0.15, 0.2) is 24.3 Å². The summed E-state index contributed by atoms with van der Waals surface area (Å²) in [5, 5.41) is 3.37. The van der Waals surface area contributed by atoms with Crippen LogP contribution in [0.5, 0.6) is 5.75 Å². The van der Waals surface area contributed by atoms with Gasteiger partial charge in [-0.15, -0.1) is 13.2 Å². The van der Waals surface area contributed by atoms with E-state index >= 15 is 0 Å². The van der Waals surface area contributed by atoms with Crippen LogP contribution in [0.2, 0.25) is 0 Å². The van der Waals surface area contributed by atoms with Gasteiger partial charge in [0.25, 0.3) is 0 Å². The fraction of sp³-hybridized carbons (Fsp3) is 0.600. The topological polar surface area (TPSA) is 30.5 Å². The number of ether oxygens (including phenoxy) is 2. The molecule has 1 aromatic rings. The van der Waals surface area contributed by atoms with Crippen molar-refractivity contribution >= 4 is 0 Å². The molecule has 1 N–H and O–H groups in total. The first-order valence-electron chi connectivity index (χ1n) is 7.16. The van der Waals surface area contributed by atoms with Crippen LogP contribution in [0, 0.1) is 5.92 Å². The van der Waals surface area contributed by atoms with Crippen molar-refractivity contribution in [3.63, 3.8) is 0 Å². The number of halogens is 3. The minimum Gasteiger partial charge on any atom is -0.406 e. The smallest absolute Gasteiger partial charge is 0.406 e. The molecule has 2 rings (SSSR count). The molecule has 1 heterocycles. The predicted octanol–water partition coefficient (Wildman–Crippen LogP) is 3.66. The SMILES string of the molecule is CCNC(c1cccc(OC(F)(F)F)c1)C1CCOCC1. The zero-order chi connectivity index (χ0) is 15.3. The Labute approximate surface area is 122 Å². The second kappa shape index (κ2) is 7.13. The molecular weight excluding hydrogens is 283 g/mol. The molecule has 1 aromatic carbocycles. The summed E-state index contributed by atoms with van der Waals surface area (Å²) < 4.78 is 46.3. The van der Waals surface area contributed by atoms with Gasteiger partial charge in [-0.1, -0.05) is 19.1 Å². The molecule has 6 heteroatoms. The average molecular weight is 303 g/mol. The van der Waals surface area contributed by atoms with Crippen molar-refractivity contribution in [1.82, 2.24) is 5.32 Å². The summed E-state index contributed by atoms with van der Waals surface area (Å²) in [4.78, 5) is 0. The van der Waals surface area contributed by atoms with Crippen LogP contribution in [-0.4, -0.2) is 26.1 Å². The maximum atomic E-state index is 12.3. The molecule has 0 radical (unpaired) electrons. The molecule has 1 fully saturated rings. The number of hydrogen-bond donors (Lipinski definition) is 1. The van der Waals surface area contributed by atoms with E-state index in [1.54, 1.807) is 6.07 Å². The molecule has 1 aliphatic heterocycles. The van der Waals surface area contributed by atoms with Crippen molar-refractivity contribution in [1.29, 1.82) is 0 Å². The van der Waals surface area contributed by atoms with Crippen LogP contribution in [-0.2, 0) is 4.74 Å². The summed E-state index contributed by atoms with van der Waals surface area (Å²) in [6.45, 7) is 4.14. The van der Waals surface area contributed by atoms with Crippen LogP contribution in [0.4, 0.5) is 13.2 Å². The van der Waals surface area contributed by atoms with Crippen molar-refractivity contribution in [2.24, 2.45) is 5.92 Å². The number of benzene rings is 1. The molecule has 1 aliphatic rings. The summed E-state index contributed by atoms with van der Waals surface area (Å²) >= 11 is 0. The Morgan fingerprint density at radius 2 is 2.05 bits per heavy atom. The van der Waals surface area contributed by atoms with E-state index < -0.39 is 6.36 Å². The van der Waals surface area contributed by atoms with Gasteiger partial charge in [0.05, 0.1) is 0 Å². The van der Waals surface area contributed by atoms with Crippen molar-refractivity contribution in [2.75, 3.05) is 19.8 Å². The zero-order valence-corrected chi connectivity index (χ0v) is 12.0. The molecule has 118 valence electrons. The first-order chi connectivity index (χ1) is 9.99. The van der Waals surface area contributed by atoms with Gasteiger partial charge in [-0.05, 0) is 43.0 Å². The lowest BCUT2D eigenvalue weighted by molar-refractivity contribution is -0.274. The molecule has 1 saturated heterocycles. The molecule has 0 aliphatic carbocycles. The highest BCUT2D eigenvalue weighted by molar-refractivity contribution is 5.31. The second-order valence-electron chi connectivity index (χ2n) is 5.11. The number of nitrogens with one attached hydrogen (secondary N) is 1. The van der Waals surface area contributed by atoms with Gasteiger partial charge in [-0.3, -0.25) is 0 Å². The lowest BCUT2D eigenvalue weighted by atomic mass is 9.87. The lowest BCUT2D eigenvalue weighted by Gasteiger charge is -2.31. The fourth-order valence-corrected chi connectivity index (χ4v) is 2.73. The van der Waals surface area contributed by atoms with E-state index in [0.717, 1.165) is 24.9 Å². The summed E-state index contributed by atoms with van der Waals surface area (Å²) in [6.07, 6.45) is -2.85. The van der Waals surface area contributed by atoms with Gasteiger partial charge in [0.15, 0.2) is 0 Å². The van der Waals surface area contributed by atoms with Crippen molar-refractivity contribution in [3.05, 3.63) is 29.8 Å². The van der Waals surface area contributed by atoms with Crippen LogP contribution in [0.3, 0.4) is 0 Å².